The zero-order valence-electron chi connectivity index (χ0n) is 24.0. The Labute approximate surface area is 236 Å². The highest BCUT2D eigenvalue weighted by Gasteiger charge is 2.35. The molecule has 1 amide bonds. The second kappa shape index (κ2) is 11.0. The minimum atomic E-state index is -0.488. The Morgan fingerprint density at radius 3 is 2.58 bits per heavy atom. The highest BCUT2D eigenvalue weighted by molar-refractivity contribution is 5.79. The molecule has 0 bridgehead atoms. The fourth-order valence-corrected chi connectivity index (χ4v) is 5.88. The molecular weight excluding hydrogens is 504 g/mol. The van der Waals surface area contributed by atoms with Gasteiger partial charge in [0.1, 0.15) is 17.5 Å². The zero-order chi connectivity index (χ0) is 27.9. The van der Waals surface area contributed by atoms with Gasteiger partial charge in [-0.2, -0.15) is 5.10 Å². The van der Waals surface area contributed by atoms with E-state index >= 15 is 0 Å². The summed E-state index contributed by atoms with van der Waals surface area (Å²) in [6.45, 7) is 7.70. The first-order chi connectivity index (χ1) is 19.3. The van der Waals surface area contributed by atoms with E-state index in [1.807, 2.05) is 45.2 Å². The predicted molar refractivity (Wildman–Crippen MR) is 154 cm³/mol. The number of benzene rings is 1. The van der Waals surface area contributed by atoms with E-state index in [1.165, 1.54) is 37.8 Å². The van der Waals surface area contributed by atoms with Gasteiger partial charge in [-0.1, -0.05) is 0 Å². The van der Waals surface area contributed by atoms with Crippen LogP contribution in [-0.4, -0.2) is 62.1 Å². The van der Waals surface area contributed by atoms with E-state index in [2.05, 4.69) is 10.9 Å². The van der Waals surface area contributed by atoms with E-state index in [0.29, 0.717) is 25.0 Å². The predicted octanol–water partition coefficient (Wildman–Crippen LogP) is 5.84. The molecule has 2 saturated carbocycles. The van der Waals surface area contributed by atoms with Crippen molar-refractivity contribution in [2.24, 2.45) is 11.7 Å². The van der Waals surface area contributed by atoms with Gasteiger partial charge >= 0.3 is 6.09 Å². The smallest absolute Gasteiger partial charge is 0.410 e. The van der Waals surface area contributed by atoms with E-state index < -0.39 is 5.60 Å². The Morgan fingerprint density at radius 2 is 1.88 bits per heavy atom. The van der Waals surface area contributed by atoms with E-state index in [-0.39, 0.29) is 12.2 Å². The van der Waals surface area contributed by atoms with Gasteiger partial charge in [0.05, 0.1) is 34.7 Å². The second-order valence-corrected chi connectivity index (χ2v) is 12.8. The summed E-state index contributed by atoms with van der Waals surface area (Å²) in [4.78, 5) is 23.9. The van der Waals surface area contributed by atoms with Gasteiger partial charge in [-0.25, -0.2) is 9.78 Å². The monoisotopic (exact) mass is 546 g/mol. The summed E-state index contributed by atoms with van der Waals surface area (Å²) in [5.41, 5.74) is 10.0. The van der Waals surface area contributed by atoms with Crippen molar-refractivity contribution in [3.05, 3.63) is 36.3 Å². The summed E-state index contributed by atoms with van der Waals surface area (Å²) < 4.78 is 14.0. The molecule has 40 heavy (non-hydrogen) atoms. The van der Waals surface area contributed by atoms with Crippen molar-refractivity contribution in [3.63, 3.8) is 0 Å². The van der Waals surface area contributed by atoms with Crippen LogP contribution in [0.1, 0.15) is 89.8 Å². The summed E-state index contributed by atoms with van der Waals surface area (Å²) in [5, 5.41) is 5.06. The average Bonchev–Trinajstić information content (AvgIpc) is 3.65. The van der Waals surface area contributed by atoms with Crippen molar-refractivity contribution in [1.29, 1.82) is 0 Å². The van der Waals surface area contributed by atoms with Crippen LogP contribution in [-0.2, 0) is 4.74 Å². The molecule has 2 aromatic heterocycles. The van der Waals surface area contributed by atoms with Crippen molar-refractivity contribution in [3.8, 4) is 17.0 Å². The molecule has 0 atom stereocenters. The van der Waals surface area contributed by atoms with Crippen LogP contribution in [0.5, 0.6) is 5.75 Å². The largest absolute Gasteiger partial charge is 0.490 e. The molecule has 3 aliphatic rings. The average molecular weight is 547 g/mol. The van der Waals surface area contributed by atoms with Gasteiger partial charge < -0.3 is 20.1 Å². The molecule has 9 heteroatoms. The van der Waals surface area contributed by atoms with Gasteiger partial charge in [-0.3, -0.25) is 9.67 Å². The molecule has 3 fully saturated rings. The molecule has 0 radical (unpaired) electrons. The van der Waals surface area contributed by atoms with Crippen LogP contribution in [0.3, 0.4) is 0 Å². The Bertz CT molecular complexity index is 1350. The van der Waals surface area contributed by atoms with Crippen LogP contribution in [0.2, 0.25) is 0 Å². The summed E-state index contributed by atoms with van der Waals surface area (Å²) in [5.74, 6) is 2.09. The number of rotatable bonds is 8. The molecule has 3 aromatic rings. The number of likely N-dealkylation sites (tertiary alicyclic amines) is 1. The van der Waals surface area contributed by atoms with Crippen molar-refractivity contribution < 1.29 is 14.3 Å². The molecule has 0 spiro atoms. The third-order valence-corrected chi connectivity index (χ3v) is 8.31. The molecule has 1 aromatic carbocycles. The van der Waals surface area contributed by atoms with Crippen LogP contribution in [0.4, 0.5) is 4.79 Å². The number of fused-ring (bicyclic) bond motifs is 1. The minimum Gasteiger partial charge on any atom is -0.490 e. The lowest BCUT2D eigenvalue weighted by Crippen LogP contribution is -2.44. The van der Waals surface area contributed by atoms with E-state index in [1.54, 1.807) is 4.90 Å². The highest BCUT2D eigenvalue weighted by atomic mass is 16.6. The van der Waals surface area contributed by atoms with Crippen molar-refractivity contribution in [1.82, 2.24) is 24.6 Å². The molecule has 6 rings (SSSR count). The standard InChI is InChI=1S/C31H42N6O3/c1-31(2,3)40-30(38)36-13-10-23(11-14-36)39-24-8-9-26-27(17-24)34-28(18-33-26)25-19-37(35-29(25)21-6-7-21)22-15-20(16-22)5-4-12-32/h8-9,17-23H,4-7,10-16,32H2,1-3H3. The Hall–Kier alpha value is -3.20. The number of carbonyl (C=O) groups excluding carboxylic acids is 1. The number of hydrogen-bond acceptors (Lipinski definition) is 7. The molecule has 1 saturated heterocycles. The van der Waals surface area contributed by atoms with Crippen LogP contribution in [0, 0.1) is 5.92 Å². The summed E-state index contributed by atoms with van der Waals surface area (Å²) in [6.07, 6.45) is 12.5. The number of aromatic nitrogens is 4. The van der Waals surface area contributed by atoms with Crippen molar-refractivity contribution in [2.75, 3.05) is 19.6 Å². The van der Waals surface area contributed by atoms with Gasteiger partial charge in [-0.05, 0) is 83.9 Å². The molecule has 3 heterocycles. The van der Waals surface area contributed by atoms with Crippen LogP contribution < -0.4 is 10.5 Å². The molecular formula is C31H42N6O3. The van der Waals surface area contributed by atoms with Crippen LogP contribution in [0.25, 0.3) is 22.3 Å². The number of nitrogens with two attached hydrogens (primary N) is 1. The number of piperidine rings is 1. The summed E-state index contributed by atoms with van der Waals surface area (Å²) in [7, 11) is 0. The fraction of sp³-hybridized carbons (Fsp3) is 0.613. The molecule has 0 unspecified atom stereocenters. The van der Waals surface area contributed by atoms with E-state index in [4.69, 9.17) is 30.3 Å². The molecule has 2 N–H and O–H groups in total. The van der Waals surface area contributed by atoms with Gasteiger partial charge in [0, 0.05) is 49.7 Å². The number of nitrogens with zero attached hydrogens (tertiary/aromatic N) is 5. The lowest BCUT2D eigenvalue weighted by Gasteiger charge is -2.35. The lowest BCUT2D eigenvalue weighted by molar-refractivity contribution is 0.0127. The maximum Gasteiger partial charge on any atom is 0.410 e. The van der Waals surface area contributed by atoms with Crippen LogP contribution >= 0.6 is 0 Å². The Kier molecular flexibility index (Phi) is 7.42. The molecule has 9 nitrogen and oxygen atoms in total. The normalized spacial score (nSPS) is 21.9. The van der Waals surface area contributed by atoms with Crippen LogP contribution in [0.15, 0.2) is 30.6 Å². The number of ether oxygens (including phenoxy) is 2. The summed E-state index contributed by atoms with van der Waals surface area (Å²) in [6, 6.07) is 6.39. The number of carbonyl (C=O) groups is 1. The minimum absolute atomic E-state index is 0.0446. The van der Waals surface area contributed by atoms with Gasteiger partial charge in [0.2, 0.25) is 0 Å². The summed E-state index contributed by atoms with van der Waals surface area (Å²) >= 11 is 0. The first-order valence-electron chi connectivity index (χ1n) is 15.0. The Morgan fingerprint density at radius 1 is 1.10 bits per heavy atom. The van der Waals surface area contributed by atoms with Crippen molar-refractivity contribution >= 4 is 17.1 Å². The first-order valence-corrected chi connectivity index (χ1v) is 15.0. The fourth-order valence-electron chi connectivity index (χ4n) is 5.88. The SMILES string of the molecule is CC(C)(C)OC(=O)N1CCC(Oc2ccc3ncc(-c4cn(C5CC(CCCN)C5)nc4C4CC4)nc3c2)CC1. The molecule has 214 valence electrons. The topological polar surface area (TPSA) is 108 Å². The van der Waals surface area contributed by atoms with Gasteiger partial charge in [0.15, 0.2) is 0 Å². The van der Waals surface area contributed by atoms with Gasteiger partial charge in [0.25, 0.3) is 0 Å². The van der Waals surface area contributed by atoms with Crippen molar-refractivity contribution in [2.45, 2.75) is 95.8 Å². The first kappa shape index (κ1) is 27.0. The zero-order valence-corrected chi connectivity index (χ0v) is 24.0. The Balaban J connectivity index is 1.14. The maximum atomic E-state index is 12.4. The molecule has 1 aliphatic heterocycles. The van der Waals surface area contributed by atoms with E-state index in [9.17, 15) is 4.79 Å². The van der Waals surface area contributed by atoms with Gasteiger partial charge in [-0.15, -0.1) is 0 Å². The quantitative estimate of drug-likeness (QED) is 0.378. The third kappa shape index (κ3) is 6.09. The number of amides is 1. The number of hydrogen-bond donors (Lipinski definition) is 1. The molecule has 2 aliphatic carbocycles. The lowest BCUT2D eigenvalue weighted by atomic mass is 9.77. The van der Waals surface area contributed by atoms with E-state index in [0.717, 1.165) is 59.8 Å². The maximum absolute atomic E-state index is 12.4. The second-order valence-electron chi connectivity index (χ2n) is 12.8. The highest BCUT2D eigenvalue weighted by Crippen LogP contribution is 2.46. The third-order valence-electron chi connectivity index (χ3n) is 8.31.